The molecule has 1 aromatic heterocycles. The second-order valence-electron chi connectivity index (χ2n) is 3.81. The lowest BCUT2D eigenvalue weighted by Crippen LogP contribution is -2.19. The van der Waals surface area contributed by atoms with Crippen molar-refractivity contribution >= 4 is 0 Å². The van der Waals surface area contributed by atoms with Gasteiger partial charge in [-0.3, -0.25) is 4.98 Å². The SMILES string of the molecule is CNC(c1cccc(C)n1)C1CC1. The molecule has 2 rings (SSSR count). The van der Waals surface area contributed by atoms with Crippen molar-refractivity contribution in [2.24, 2.45) is 5.92 Å². The highest BCUT2D eigenvalue weighted by molar-refractivity contribution is 5.15. The molecule has 70 valence electrons. The van der Waals surface area contributed by atoms with Crippen LogP contribution < -0.4 is 5.32 Å². The largest absolute Gasteiger partial charge is 0.311 e. The molecule has 13 heavy (non-hydrogen) atoms. The lowest BCUT2D eigenvalue weighted by molar-refractivity contribution is 0.514. The van der Waals surface area contributed by atoms with Crippen LogP contribution in [0.25, 0.3) is 0 Å². The summed E-state index contributed by atoms with van der Waals surface area (Å²) in [5.74, 6) is 0.819. The van der Waals surface area contributed by atoms with E-state index in [0.29, 0.717) is 6.04 Å². The number of aryl methyl sites for hydroxylation is 1. The number of hydrogen-bond donors (Lipinski definition) is 1. The molecule has 0 spiro atoms. The second-order valence-corrected chi connectivity index (χ2v) is 3.81. The Labute approximate surface area is 79.4 Å². The Morgan fingerprint density at radius 3 is 2.77 bits per heavy atom. The smallest absolute Gasteiger partial charge is 0.0579 e. The summed E-state index contributed by atoms with van der Waals surface area (Å²) in [6.07, 6.45) is 2.70. The fourth-order valence-corrected chi connectivity index (χ4v) is 1.79. The van der Waals surface area contributed by atoms with Crippen LogP contribution in [0, 0.1) is 12.8 Å². The van der Waals surface area contributed by atoms with Crippen molar-refractivity contribution in [2.45, 2.75) is 25.8 Å². The quantitative estimate of drug-likeness (QED) is 0.762. The van der Waals surface area contributed by atoms with E-state index in [4.69, 9.17) is 0 Å². The summed E-state index contributed by atoms with van der Waals surface area (Å²) in [4.78, 5) is 4.54. The van der Waals surface area contributed by atoms with Gasteiger partial charge in [-0.1, -0.05) is 6.07 Å². The fourth-order valence-electron chi connectivity index (χ4n) is 1.79. The van der Waals surface area contributed by atoms with Crippen LogP contribution in [0.3, 0.4) is 0 Å². The molecule has 0 radical (unpaired) electrons. The highest BCUT2D eigenvalue weighted by Crippen LogP contribution is 2.40. The number of nitrogens with one attached hydrogen (secondary N) is 1. The molecule has 1 N–H and O–H groups in total. The van der Waals surface area contributed by atoms with Crippen molar-refractivity contribution in [2.75, 3.05) is 7.05 Å². The molecule has 0 saturated heterocycles. The van der Waals surface area contributed by atoms with Crippen molar-refractivity contribution in [1.29, 1.82) is 0 Å². The predicted molar refractivity (Wildman–Crippen MR) is 53.5 cm³/mol. The van der Waals surface area contributed by atoms with E-state index in [-0.39, 0.29) is 0 Å². The maximum Gasteiger partial charge on any atom is 0.0579 e. The summed E-state index contributed by atoms with van der Waals surface area (Å²) in [6.45, 7) is 2.04. The summed E-state index contributed by atoms with van der Waals surface area (Å²) in [5, 5.41) is 3.34. The first-order chi connectivity index (χ1) is 6.31. The molecule has 1 heterocycles. The van der Waals surface area contributed by atoms with Gasteiger partial charge < -0.3 is 5.32 Å². The van der Waals surface area contributed by atoms with Crippen LogP contribution in [-0.2, 0) is 0 Å². The number of pyridine rings is 1. The Bertz CT molecular complexity index is 292. The summed E-state index contributed by atoms with van der Waals surface area (Å²) in [7, 11) is 2.02. The molecular weight excluding hydrogens is 160 g/mol. The molecule has 1 unspecified atom stereocenters. The Morgan fingerprint density at radius 2 is 2.23 bits per heavy atom. The summed E-state index contributed by atoms with van der Waals surface area (Å²) in [5.41, 5.74) is 2.31. The highest BCUT2D eigenvalue weighted by Gasteiger charge is 2.31. The predicted octanol–water partition coefficient (Wildman–Crippen LogP) is 2.06. The van der Waals surface area contributed by atoms with E-state index in [1.165, 1.54) is 18.5 Å². The third-order valence-corrected chi connectivity index (χ3v) is 2.63. The minimum absolute atomic E-state index is 0.472. The number of nitrogens with zero attached hydrogens (tertiary/aromatic N) is 1. The molecule has 2 heteroatoms. The van der Waals surface area contributed by atoms with Crippen LogP contribution in [-0.4, -0.2) is 12.0 Å². The minimum atomic E-state index is 0.472. The van der Waals surface area contributed by atoms with E-state index in [0.717, 1.165) is 11.6 Å². The Morgan fingerprint density at radius 1 is 1.46 bits per heavy atom. The number of rotatable bonds is 3. The van der Waals surface area contributed by atoms with Crippen LogP contribution in [0.1, 0.15) is 30.3 Å². The van der Waals surface area contributed by atoms with Gasteiger partial charge in [0.05, 0.1) is 11.7 Å². The van der Waals surface area contributed by atoms with Gasteiger partial charge >= 0.3 is 0 Å². The fraction of sp³-hybridized carbons (Fsp3) is 0.545. The van der Waals surface area contributed by atoms with Crippen LogP contribution in [0.2, 0.25) is 0 Å². The summed E-state index contributed by atoms with van der Waals surface area (Å²) >= 11 is 0. The summed E-state index contributed by atoms with van der Waals surface area (Å²) < 4.78 is 0. The molecular formula is C11H16N2. The van der Waals surface area contributed by atoms with Gasteiger partial charge in [0.1, 0.15) is 0 Å². The van der Waals surface area contributed by atoms with Crippen molar-refractivity contribution in [3.63, 3.8) is 0 Å². The van der Waals surface area contributed by atoms with E-state index in [1.807, 2.05) is 20.0 Å². The van der Waals surface area contributed by atoms with Gasteiger partial charge in [0.15, 0.2) is 0 Å². The third-order valence-electron chi connectivity index (χ3n) is 2.63. The molecule has 1 aliphatic carbocycles. The first-order valence-corrected chi connectivity index (χ1v) is 4.92. The van der Waals surface area contributed by atoms with Gasteiger partial charge in [-0.2, -0.15) is 0 Å². The van der Waals surface area contributed by atoms with Gasteiger partial charge in [0.2, 0.25) is 0 Å². The van der Waals surface area contributed by atoms with Crippen molar-refractivity contribution in [3.05, 3.63) is 29.6 Å². The van der Waals surface area contributed by atoms with Crippen molar-refractivity contribution in [1.82, 2.24) is 10.3 Å². The topological polar surface area (TPSA) is 24.9 Å². The van der Waals surface area contributed by atoms with Crippen LogP contribution in [0.5, 0.6) is 0 Å². The zero-order valence-electron chi connectivity index (χ0n) is 8.25. The zero-order chi connectivity index (χ0) is 9.26. The number of hydrogen-bond acceptors (Lipinski definition) is 2. The normalized spacial score (nSPS) is 18.6. The molecule has 0 amide bonds. The maximum atomic E-state index is 4.54. The van der Waals surface area contributed by atoms with E-state index in [1.54, 1.807) is 0 Å². The lowest BCUT2D eigenvalue weighted by Gasteiger charge is -2.14. The molecule has 0 aliphatic heterocycles. The molecule has 1 aromatic rings. The monoisotopic (exact) mass is 176 g/mol. The van der Waals surface area contributed by atoms with Gasteiger partial charge in [-0.05, 0) is 44.9 Å². The minimum Gasteiger partial charge on any atom is -0.311 e. The van der Waals surface area contributed by atoms with Crippen LogP contribution >= 0.6 is 0 Å². The molecule has 1 fully saturated rings. The maximum absolute atomic E-state index is 4.54. The van der Waals surface area contributed by atoms with Gasteiger partial charge in [0, 0.05) is 5.69 Å². The number of aromatic nitrogens is 1. The first-order valence-electron chi connectivity index (χ1n) is 4.92. The molecule has 1 saturated carbocycles. The Hall–Kier alpha value is -0.890. The van der Waals surface area contributed by atoms with E-state index in [2.05, 4.69) is 22.4 Å². The van der Waals surface area contributed by atoms with Gasteiger partial charge in [0.25, 0.3) is 0 Å². The van der Waals surface area contributed by atoms with Gasteiger partial charge in [-0.15, -0.1) is 0 Å². The van der Waals surface area contributed by atoms with Crippen LogP contribution in [0.15, 0.2) is 18.2 Å². The molecule has 2 nitrogen and oxygen atoms in total. The van der Waals surface area contributed by atoms with E-state index in [9.17, 15) is 0 Å². The molecule has 0 aromatic carbocycles. The second kappa shape index (κ2) is 3.46. The van der Waals surface area contributed by atoms with Crippen LogP contribution in [0.4, 0.5) is 0 Å². The van der Waals surface area contributed by atoms with E-state index >= 15 is 0 Å². The highest BCUT2D eigenvalue weighted by atomic mass is 14.9. The Kier molecular flexibility index (Phi) is 2.32. The van der Waals surface area contributed by atoms with Gasteiger partial charge in [-0.25, -0.2) is 0 Å². The van der Waals surface area contributed by atoms with E-state index < -0.39 is 0 Å². The molecule has 1 atom stereocenters. The average molecular weight is 176 g/mol. The third kappa shape index (κ3) is 1.89. The summed E-state index contributed by atoms with van der Waals surface area (Å²) in [6, 6.07) is 6.72. The lowest BCUT2D eigenvalue weighted by atomic mass is 10.1. The first kappa shape index (κ1) is 8.70. The Balaban J connectivity index is 2.21. The van der Waals surface area contributed by atoms with Crippen molar-refractivity contribution < 1.29 is 0 Å². The zero-order valence-corrected chi connectivity index (χ0v) is 8.25. The molecule has 1 aliphatic rings. The standard InChI is InChI=1S/C11H16N2/c1-8-4-3-5-10(13-8)11(12-2)9-6-7-9/h3-5,9,11-12H,6-7H2,1-2H3. The average Bonchev–Trinajstić information content (AvgIpc) is 2.90. The van der Waals surface area contributed by atoms with Crippen molar-refractivity contribution in [3.8, 4) is 0 Å². The molecule has 0 bridgehead atoms.